The number of H-pyrrole nitrogens is 1. The number of hydrogen-bond acceptors (Lipinski definition) is 5. The highest BCUT2D eigenvalue weighted by Gasteiger charge is 2.28. The Balaban J connectivity index is 1.35. The topological polar surface area (TPSA) is 73.9 Å². The molecule has 0 spiro atoms. The first-order valence-corrected chi connectivity index (χ1v) is 9.67. The Hall–Kier alpha value is -2.51. The van der Waals surface area contributed by atoms with Crippen LogP contribution < -0.4 is 5.32 Å². The van der Waals surface area contributed by atoms with Gasteiger partial charge in [0, 0.05) is 30.0 Å². The Morgan fingerprint density at radius 3 is 3.04 bits per heavy atom. The number of carbonyl (C=O) groups is 1. The van der Waals surface area contributed by atoms with E-state index in [1.165, 1.54) is 6.42 Å². The second kappa shape index (κ2) is 7.80. The summed E-state index contributed by atoms with van der Waals surface area (Å²) in [4.78, 5) is 26.9. The second-order valence-electron chi connectivity index (χ2n) is 6.43. The van der Waals surface area contributed by atoms with E-state index in [0.29, 0.717) is 12.5 Å². The van der Waals surface area contributed by atoms with Gasteiger partial charge in [-0.15, -0.1) is 11.3 Å². The highest BCUT2D eigenvalue weighted by atomic mass is 32.1. The average Bonchev–Trinajstić information content (AvgIpc) is 3.38. The second-order valence-corrected chi connectivity index (χ2v) is 7.37. The molecule has 1 atom stereocenters. The van der Waals surface area contributed by atoms with E-state index in [0.717, 1.165) is 41.7 Å². The van der Waals surface area contributed by atoms with Crippen LogP contribution in [0.2, 0.25) is 0 Å². The summed E-state index contributed by atoms with van der Waals surface area (Å²) in [6.07, 6.45) is 6.27. The maximum Gasteiger partial charge on any atom is 0.231 e. The van der Waals surface area contributed by atoms with Crippen LogP contribution in [0.1, 0.15) is 35.4 Å². The molecule has 26 heavy (non-hydrogen) atoms. The van der Waals surface area contributed by atoms with Crippen molar-refractivity contribution < 1.29 is 4.79 Å². The lowest BCUT2D eigenvalue weighted by Gasteiger charge is -2.21. The van der Waals surface area contributed by atoms with Crippen molar-refractivity contribution in [1.82, 2.24) is 19.9 Å². The molecule has 6 nitrogen and oxygen atoms in total. The lowest BCUT2D eigenvalue weighted by Crippen LogP contribution is -2.23. The predicted octanol–water partition coefficient (Wildman–Crippen LogP) is 3.38. The number of thiazole rings is 1. The molecule has 1 aromatic carbocycles. The monoisotopic (exact) mass is 367 g/mol. The van der Waals surface area contributed by atoms with Crippen molar-refractivity contribution in [3.8, 4) is 0 Å². The summed E-state index contributed by atoms with van der Waals surface area (Å²) >= 11 is 1.55. The lowest BCUT2D eigenvalue weighted by molar-refractivity contribution is -0.115. The van der Waals surface area contributed by atoms with E-state index in [9.17, 15) is 4.79 Å². The van der Waals surface area contributed by atoms with Crippen LogP contribution >= 0.6 is 11.3 Å². The van der Waals surface area contributed by atoms with E-state index >= 15 is 0 Å². The molecule has 2 aromatic heterocycles. The smallest absolute Gasteiger partial charge is 0.231 e. The predicted molar refractivity (Wildman–Crippen MR) is 102 cm³/mol. The molecule has 0 saturated carbocycles. The Labute approximate surface area is 156 Å². The summed E-state index contributed by atoms with van der Waals surface area (Å²) in [7, 11) is 0. The highest BCUT2D eigenvalue weighted by Crippen LogP contribution is 2.31. The fraction of sp³-hybridized carbons (Fsp3) is 0.316. The zero-order chi connectivity index (χ0) is 17.8. The van der Waals surface area contributed by atoms with Crippen LogP contribution in [0.15, 0.2) is 48.1 Å². The average molecular weight is 367 g/mol. The Morgan fingerprint density at radius 1 is 1.35 bits per heavy atom. The van der Waals surface area contributed by atoms with Crippen molar-refractivity contribution in [2.24, 2.45) is 0 Å². The first kappa shape index (κ1) is 16.9. The Kier molecular flexibility index (Phi) is 5.08. The number of benzene rings is 1. The molecule has 3 heterocycles. The molecule has 1 saturated heterocycles. The molecular formula is C19H21N5OS. The fourth-order valence-electron chi connectivity index (χ4n) is 3.36. The van der Waals surface area contributed by atoms with Crippen LogP contribution in [0, 0.1) is 0 Å². The molecule has 3 aromatic rings. The minimum Gasteiger partial charge on any atom is -0.347 e. The summed E-state index contributed by atoms with van der Waals surface area (Å²) in [5.74, 6) is 0.993. The molecule has 1 aliphatic rings. The Bertz CT molecular complexity index is 846. The summed E-state index contributed by atoms with van der Waals surface area (Å²) < 4.78 is 0. The van der Waals surface area contributed by atoms with Gasteiger partial charge in [0.15, 0.2) is 0 Å². The number of imidazole rings is 1. The summed E-state index contributed by atoms with van der Waals surface area (Å²) in [6.45, 7) is 1.84. The molecule has 1 amide bonds. The molecule has 0 unspecified atom stereocenters. The van der Waals surface area contributed by atoms with E-state index in [4.69, 9.17) is 0 Å². The van der Waals surface area contributed by atoms with E-state index in [1.807, 2.05) is 36.5 Å². The molecule has 134 valence electrons. The third-order valence-corrected chi connectivity index (χ3v) is 5.43. The molecule has 0 aliphatic carbocycles. The van der Waals surface area contributed by atoms with Crippen molar-refractivity contribution in [3.63, 3.8) is 0 Å². The van der Waals surface area contributed by atoms with Gasteiger partial charge in [0.25, 0.3) is 0 Å². The standard InChI is InChI=1S/C19H21N5OS/c25-17(22-14-5-2-1-3-6-14)11-18-23-15(13-26-18)12-24-10-4-7-16(24)19-20-8-9-21-19/h1-3,5-6,8-9,13,16H,4,7,10-12H2,(H,20,21)(H,22,25)/t16-/m0/s1. The van der Waals surface area contributed by atoms with E-state index in [1.54, 1.807) is 17.5 Å². The molecular weight excluding hydrogens is 346 g/mol. The number of aromatic amines is 1. The molecule has 0 bridgehead atoms. The van der Waals surface area contributed by atoms with Gasteiger partial charge < -0.3 is 10.3 Å². The van der Waals surface area contributed by atoms with E-state index in [-0.39, 0.29) is 5.91 Å². The highest BCUT2D eigenvalue weighted by molar-refractivity contribution is 7.09. The molecule has 2 N–H and O–H groups in total. The largest absolute Gasteiger partial charge is 0.347 e. The molecule has 1 fully saturated rings. The SMILES string of the molecule is O=C(Cc1nc(CN2CCC[C@H]2c2ncc[nH]2)cs1)Nc1ccccc1. The van der Waals surface area contributed by atoms with Gasteiger partial charge in [-0.25, -0.2) is 9.97 Å². The maximum atomic E-state index is 12.2. The number of nitrogens with one attached hydrogen (secondary N) is 2. The third-order valence-electron chi connectivity index (χ3n) is 4.53. The van der Waals surface area contributed by atoms with Crippen LogP contribution in [0.4, 0.5) is 5.69 Å². The third kappa shape index (κ3) is 4.00. The van der Waals surface area contributed by atoms with Gasteiger partial charge in [0.05, 0.1) is 18.2 Å². The quantitative estimate of drug-likeness (QED) is 0.700. The lowest BCUT2D eigenvalue weighted by atomic mass is 10.2. The molecule has 0 radical (unpaired) electrons. The van der Waals surface area contributed by atoms with Crippen LogP contribution in [0.25, 0.3) is 0 Å². The normalized spacial score (nSPS) is 17.5. The number of anilines is 1. The number of amides is 1. The zero-order valence-corrected chi connectivity index (χ0v) is 15.2. The molecule has 1 aliphatic heterocycles. The van der Waals surface area contributed by atoms with Gasteiger partial charge in [-0.05, 0) is 31.5 Å². The van der Waals surface area contributed by atoms with E-state index in [2.05, 4.69) is 30.5 Å². The first-order chi connectivity index (χ1) is 12.8. The van der Waals surface area contributed by atoms with Crippen molar-refractivity contribution >= 4 is 22.9 Å². The van der Waals surface area contributed by atoms with Crippen LogP contribution in [-0.4, -0.2) is 32.3 Å². The number of aromatic nitrogens is 3. The summed E-state index contributed by atoms with van der Waals surface area (Å²) in [6, 6.07) is 9.83. The zero-order valence-electron chi connectivity index (χ0n) is 14.4. The number of nitrogens with zero attached hydrogens (tertiary/aromatic N) is 3. The number of rotatable bonds is 6. The van der Waals surface area contributed by atoms with Gasteiger partial charge >= 0.3 is 0 Å². The van der Waals surface area contributed by atoms with Crippen LogP contribution in [-0.2, 0) is 17.8 Å². The number of carbonyl (C=O) groups excluding carboxylic acids is 1. The molecule has 4 rings (SSSR count). The fourth-order valence-corrected chi connectivity index (χ4v) is 4.14. The van der Waals surface area contributed by atoms with E-state index < -0.39 is 0 Å². The Morgan fingerprint density at radius 2 is 2.23 bits per heavy atom. The number of para-hydroxylation sites is 1. The maximum absolute atomic E-state index is 12.2. The number of hydrogen-bond donors (Lipinski definition) is 2. The summed E-state index contributed by atoms with van der Waals surface area (Å²) in [5.41, 5.74) is 1.84. The van der Waals surface area contributed by atoms with Crippen molar-refractivity contribution in [2.75, 3.05) is 11.9 Å². The van der Waals surface area contributed by atoms with Gasteiger partial charge in [-0.2, -0.15) is 0 Å². The minimum absolute atomic E-state index is 0.0354. The van der Waals surface area contributed by atoms with Gasteiger partial charge in [-0.1, -0.05) is 18.2 Å². The van der Waals surface area contributed by atoms with Gasteiger partial charge in [0.2, 0.25) is 5.91 Å². The van der Waals surface area contributed by atoms with Crippen LogP contribution in [0.3, 0.4) is 0 Å². The van der Waals surface area contributed by atoms with Crippen molar-refractivity contribution in [1.29, 1.82) is 0 Å². The van der Waals surface area contributed by atoms with Crippen LogP contribution in [0.5, 0.6) is 0 Å². The first-order valence-electron chi connectivity index (χ1n) is 8.79. The van der Waals surface area contributed by atoms with Crippen molar-refractivity contribution in [3.05, 3.63) is 64.6 Å². The minimum atomic E-state index is -0.0354. The van der Waals surface area contributed by atoms with Crippen molar-refractivity contribution in [2.45, 2.75) is 31.8 Å². The summed E-state index contributed by atoms with van der Waals surface area (Å²) in [5, 5.41) is 5.81. The van der Waals surface area contributed by atoms with Gasteiger partial charge in [0.1, 0.15) is 10.8 Å². The number of likely N-dealkylation sites (tertiary alicyclic amines) is 1. The van der Waals surface area contributed by atoms with Gasteiger partial charge in [-0.3, -0.25) is 9.69 Å². The molecule has 7 heteroatoms.